The Morgan fingerprint density at radius 3 is 2.63 bits per heavy atom. The van der Waals surface area contributed by atoms with Crippen LogP contribution in [-0.2, 0) is 19.1 Å². The van der Waals surface area contributed by atoms with E-state index in [2.05, 4.69) is 10.1 Å². The number of aryl methyl sites for hydroxylation is 1. The molecule has 3 rings (SSSR count). The molecule has 8 nitrogen and oxygen atoms in total. The standard InChI is InChI=1S/C22H24N2O6/c1-15-3-6-17(7-4-15)29-12-11-24-18-8-5-16(13-19(18)30-14-21(24)26)23-20(25)9-10-22(27)28-2/h3-8,13H,9-12,14H2,1-2H3,(H,23,25). The van der Waals surface area contributed by atoms with Crippen LogP contribution in [0.15, 0.2) is 42.5 Å². The molecule has 0 aliphatic carbocycles. The quantitative estimate of drug-likeness (QED) is 0.670. The highest BCUT2D eigenvalue weighted by atomic mass is 16.5. The van der Waals surface area contributed by atoms with Crippen molar-refractivity contribution >= 4 is 29.2 Å². The summed E-state index contributed by atoms with van der Waals surface area (Å²) >= 11 is 0. The first-order chi connectivity index (χ1) is 14.5. The normalized spacial score (nSPS) is 12.6. The Hall–Kier alpha value is -3.55. The summed E-state index contributed by atoms with van der Waals surface area (Å²) in [5, 5.41) is 2.71. The topological polar surface area (TPSA) is 94.2 Å². The van der Waals surface area contributed by atoms with Crippen LogP contribution in [0.25, 0.3) is 0 Å². The molecule has 0 fully saturated rings. The zero-order valence-electron chi connectivity index (χ0n) is 17.0. The molecule has 1 aliphatic heterocycles. The van der Waals surface area contributed by atoms with Gasteiger partial charge in [0.15, 0.2) is 6.61 Å². The highest BCUT2D eigenvalue weighted by Crippen LogP contribution is 2.34. The maximum Gasteiger partial charge on any atom is 0.306 e. The Balaban J connectivity index is 1.60. The molecular weight excluding hydrogens is 388 g/mol. The number of nitrogens with zero attached hydrogens (tertiary/aromatic N) is 1. The molecule has 0 saturated carbocycles. The zero-order chi connectivity index (χ0) is 21.5. The number of fused-ring (bicyclic) bond motifs is 1. The third-order valence-electron chi connectivity index (χ3n) is 4.58. The molecule has 0 saturated heterocycles. The number of benzene rings is 2. The van der Waals surface area contributed by atoms with E-state index in [4.69, 9.17) is 9.47 Å². The van der Waals surface area contributed by atoms with E-state index in [9.17, 15) is 14.4 Å². The van der Waals surface area contributed by atoms with Crippen LogP contribution < -0.4 is 19.7 Å². The van der Waals surface area contributed by atoms with Crippen LogP contribution in [-0.4, -0.2) is 44.7 Å². The Labute approximate surface area is 174 Å². The highest BCUT2D eigenvalue weighted by molar-refractivity contribution is 5.99. The van der Waals surface area contributed by atoms with Crippen LogP contribution in [0.2, 0.25) is 0 Å². The summed E-state index contributed by atoms with van der Waals surface area (Å²) in [6.45, 7) is 2.62. The van der Waals surface area contributed by atoms with E-state index in [0.29, 0.717) is 30.3 Å². The number of rotatable bonds is 8. The predicted octanol–water partition coefficient (Wildman–Crippen LogP) is 2.69. The van der Waals surface area contributed by atoms with Crippen molar-refractivity contribution in [1.82, 2.24) is 0 Å². The van der Waals surface area contributed by atoms with Gasteiger partial charge in [0.1, 0.15) is 18.1 Å². The SMILES string of the molecule is COC(=O)CCC(=O)Nc1ccc2c(c1)OCC(=O)N2CCOc1ccc(C)cc1. The van der Waals surface area contributed by atoms with Crippen molar-refractivity contribution in [3.8, 4) is 11.5 Å². The van der Waals surface area contributed by atoms with Crippen LogP contribution >= 0.6 is 0 Å². The molecule has 0 unspecified atom stereocenters. The molecule has 30 heavy (non-hydrogen) atoms. The summed E-state index contributed by atoms with van der Waals surface area (Å²) < 4.78 is 15.8. The maximum atomic E-state index is 12.3. The molecule has 2 aromatic rings. The molecule has 0 atom stereocenters. The van der Waals surface area contributed by atoms with Crippen LogP contribution in [0.4, 0.5) is 11.4 Å². The first-order valence-corrected chi connectivity index (χ1v) is 9.59. The molecule has 2 amide bonds. The second-order valence-corrected chi connectivity index (χ2v) is 6.80. The van der Waals surface area contributed by atoms with Crippen molar-refractivity contribution in [2.24, 2.45) is 0 Å². The lowest BCUT2D eigenvalue weighted by Crippen LogP contribution is -2.41. The minimum atomic E-state index is -0.444. The molecule has 158 valence electrons. The summed E-state index contributed by atoms with van der Waals surface area (Å²) in [4.78, 5) is 37.0. The van der Waals surface area contributed by atoms with Crippen molar-refractivity contribution in [3.05, 3.63) is 48.0 Å². The molecule has 0 spiro atoms. The third kappa shape index (κ3) is 5.50. The lowest BCUT2D eigenvalue weighted by atomic mass is 10.2. The van der Waals surface area contributed by atoms with Crippen LogP contribution in [0.5, 0.6) is 11.5 Å². The largest absolute Gasteiger partial charge is 0.492 e. The number of hydrogen-bond acceptors (Lipinski definition) is 6. The van der Waals surface area contributed by atoms with Gasteiger partial charge in [-0.05, 0) is 31.2 Å². The van der Waals surface area contributed by atoms with Crippen LogP contribution in [0.1, 0.15) is 18.4 Å². The Morgan fingerprint density at radius 1 is 1.13 bits per heavy atom. The van der Waals surface area contributed by atoms with E-state index >= 15 is 0 Å². The van der Waals surface area contributed by atoms with E-state index in [1.807, 2.05) is 31.2 Å². The summed E-state index contributed by atoms with van der Waals surface area (Å²) in [5.41, 5.74) is 2.29. The lowest BCUT2D eigenvalue weighted by molar-refractivity contribution is -0.141. The molecular formula is C22H24N2O6. The Kier molecular flexibility index (Phi) is 6.90. The smallest absolute Gasteiger partial charge is 0.306 e. The minimum absolute atomic E-state index is 0.00698. The minimum Gasteiger partial charge on any atom is -0.492 e. The molecule has 0 bridgehead atoms. The molecule has 0 aromatic heterocycles. The zero-order valence-corrected chi connectivity index (χ0v) is 17.0. The van der Waals surface area contributed by atoms with Gasteiger partial charge in [-0.3, -0.25) is 14.4 Å². The average Bonchev–Trinajstić information content (AvgIpc) is 2.75. The van der Waals surface area contributed by atoms with Gasteiger partial charge < -0.3 is 24.4 Å². The molecule has 2 aromatic carbocycles. The van der Waals surface area contributed by atoms with E-state index in [1.165, 1.54) is 7.11 Å². The van der Waals surface area contributed by atoms with Crippen LogP contribution in [0.3, 0.4) is 0 Å². The second-order valence-electron chi connectivity index (χ2n) is 6.80. The summed E-state index contributed by atoms with van der Waals surface area (Å²) in [7, 11) is 1.28. The number of hydrogen-bond donors (Lipinski definition) is 1. The van der Waals surface area contributed by atoms with Gasteiger partial charge in [-0.1, -0.05) is 17.7 Å². The average molecular weight is 412 g/mol. The molecule has 0 radical (unpaired) electrons. The Bertz CT molecular complexity index is 926. The Morgan fingerprint density at radius 2 is 1.90 bits per heavy atom. The highest BCUT2D eigenvalue weighted by Gasteiger charge is 2.25. The molecule has 1 heterocycles. The van der Waals surface area contributed by atoms with Gasteiger partial charge in [0.25, 0.3) is 5.91 Å². The van der Waals surface area contributed by atoms with Crippen LogP contribution in [0, 0.1) is 6.92 Å². The van der Waals surface area contributed by atoms with Crippen molar-refractivity contribution in [2.75, 3.05) is 37.1 Å². The molecule has 1 N–H and O–H groups in total. The second kappa shape index (κ2) is 9.78. The summed E-state index contributed by atoms with van der Waals surface area (Å²) in [5.74, 6) is 0.323. The van der Waals surface area contributed by atoms with Gasteiger partial charge in [-0.15, -0.1) is 0 Å². The number of esters is 1. The number of carbonyl (C=O) groups is 3. The van der Waals surface area contributed by atoms with Crippen molar-refractivity contribution in [1.29, 1.82) is 0 Å². The van der Waals surface area contributed by atoms with Crippen molar-refractivity contribution in [2.45, 2.75) is 19.8 Å². The van der Waals surface area contributed by atoms with Gasteiger partial charge in [0.2, 0.25) is 5.91 Å². The lowest BCUT2D eigenvalue weighted by Gasteiger charge is -2.29. The summed E-state index contributed by atoms with van der Waals surface area (Å²) in [6.07, 6.45) is 0.0264. The van der Waals surface area contributed by atoms with E-state index < -0.39 is 5.97 Å². The van der Waals surface area contributed by atoms with Crippen molar-refractivity contribution < 1.29 is 28.6 Å². The fourth-order valence-corrected chi connectivity index (χ4v) is 2.96. The maximum absolute atomic E-state index is 12.3. The third-order valence-corrected chi connectivity index (χ3v) is 4.58. The predicted molar refractivity (Wildman–Crippen MR) is 111 cm³/mol. The van der Waals surface area contributed by atoms with Gasteiger partial charge in [-0.25, -0.2) is 0 Å². The van der Waals surface area contributed by atoms with Gasteiger partial charge in [0.05, 0.1) is 25.8 Å². The number of nitrogens with one attached hydrogen (secondary N) is 1. The monoisotopic (exact) mass is 412 g/mol. The van der Waals surface area contributed by atoms with Crippen molar-refractivity contribution in [3.63, 3.8) is 0 Å². The molecule has 8 heteroatoms. The van der Waals surface area contributed by atoms with Gasteiger partial charge >= 0.3 is 5.97 Å². The summed E-state index contributed by atoms with van der Waals surface area (Å²) in [6, 6.07) is 12.8. The fourth-order valence-electron chi connectivity index (χ4n) is 2.96. The number of ether oxygens (including phenoxy) is 3. The van der Waals surface area contributed by atoms with E-state index in [1.54, 1.807) is 23.1 Å². The number of carbonyl (C=O) groups excluding carboxylic acids is 3. The number of methoxy groups -OCH3 is 1. The van der Waals surface area contributed by atoms with E-state index in [0.717, 1.165) is 11.3 Å². The molecule has 1 aliphatic rings. The van der Waals surface area contributed by atoms with Gasteiger partial charge in [-0.2, -0.15) is 0 Å². The first-order valence-electron chi connectivity index (χ1n) is 9.59. The number of amides is 2. The first kappa shape index (κ1) is 21.2. The van der Waals surface area contributed by atoms with Gasteiger partial charge in [0, 0.05) is 18.2 Å². The van der Waals surface area contributed by atoms with E-state index in [-0.39, 0.29) is 31.3 Å². The number of anilines is 2. The fraction of sp³-hybridized carbons (Fsp3) is 0.318.